The number of anilines is 1. The first-order valence-corrected chi connectivity index (χ1v) is 7.01. The highest BCUT2D eigenvalue weighted by Crippen LogP contribution is 2.17. The Morgan fingerprint density at radius 2 is 2.14 bits per heavy atom. The van der Waals surface area contributed by atoms with E-state index in [-0.39, 0.29) is 5.56 Å². The minimum Gasteiger partial charge on any atom is -0.465 e. The summed E-state index contributed by atoms with van der Waals surface area (Å²) in [4.78, 5) is 15.8. The first-order valence-electron chi connectivity index (χ1n) is 5.86. The van der Waals surface area contributed by atoms with Crippen molar-refractivity contribution < 1.29 is 13.7 Å². The van der Waals surface area contributed by atoms with Crippen molar-refractivity contribution in [1.82, 2.24) is 4.98 Å². The number of rotatable bonds is 4. The molecule has 2 rings (SSSR count). The Morgan fingerprint density at radius 3 is 2.86 bits per heavy atom. The number of carbonyl (C=O) groups excluding carboxylic acids is 1. The summed E-state index contributed by atoms with van der Waals surface area (Å²) in [5.41, 5.74) is 0.987. The number of benzene rings is 1. The van der Waals surface area contributed by atoms with Crippen LogP contribution in [-0.2, 0) is 15.7 Å². The van der Waals surface area contributed by atoms with Crippen LogP contribution >= 0.6 is 0 Å². The Kier molecular flexibility index (Phi) is 4.64. The van der Waals surface area contributed by atoms with Gasteiger partial charge in [-0.05, 0) is 18.2 Å². The lowest BCUT2D eigenvalue weighted by Crippen LogP contribution is -2.11. The molecule has 2 aromatic rings. The predicted molar refractivity (Wildman–Crippen MR) is 76.8 cm³/mol. The molecule has 1 aromatic heterocycles. The Morgan fingerprint density at radius 1 is 1.38 bits per heavy atom. The zero-order chi connectivity index (χ0) is 15.2. The standard InChI is InChI=1S/C14H11N3O3S/c1-20-14(18)12-4-2-3-5-13(12)21(19)17-11-6-10(7-15)8-16-9-11/h2-6,8-9,17H,1H3. The normalized spacial score (nSPS) is 11.2. The predicted octanol–water partition coefficient (Wildman–Crippen LogP) is 1.87. The summed E-state index contributed by atoms with van der Waals surface area (Å²) in [6, 6.07) is 9.89. The number of nitrogens with one attached hydrogen (secondary N) is 1. The number of nitriles is 1. The Labute approximate surface area is 124 Å². The van der Waals surface area contributed by atoms with E-state index < -0.39 is 17.0 Å². The number of pyridine rings is 1. The van der Waals surface area contributed by atoms with Crippen LogP contribution in [0.5, 0.6) is 0 Å². The van der Waals surface area contributed by atoms with Crippen molar-refractivity contribution in [1.29, 1.82) is 5.26 Å². The van der Waals surface area contributed by atoms with Gasteiger partial charge in [-0.3, -0.25) is 9.71 Å². The monoisotopic (exact) mass is 301 g/mol. The summed E-state index contributed by atoms with van der Waals surface area (Å²) in [5.74, 6) is -0.565. The Bertz CT molecular complexity index is 740. The van der Waals surface area contributed by atoms with Crippen LogP contribution in [0.15, 0.2) is 47.6 Å². The molecule has 0 aliphatic rings. The van der Waals surface area contributed by atoms with E-state index in [1.165, 1.54) is 31.6 Å². The molecule has 0 aliphatic carbocycles. The maximum absolute atomic E-state index is 12.3. The van der Waals surface area contributed by atoms with Crippen LogP contribution in [0.3, 0.4) is 0 Å². The Hall–Kier alpha value is -2.72. The van der Waals surface area contributed by atoms with Crippen LogP contribution in [0.2, 0.25) is 0 Å². The highest BCUT2D eigenvalue weighted by atomic mass is 32.2. The van der Waals surface area contributed by atoms with Crippen LogP contribution in [-0.4, -0.2) is 22.3 Å². The van der Waals surface area contributed by atoms with Crippen molar-refractivity contribution in [2.75, 3.05) is 11.8 Å². The summed E-state index contributed by atoms with van der Waals surface area (Å²) in [6.07, 6.45) is 2.84. The van der Waals surface area contributed by atoms with Gasteiger partial charge in [0.25, 0.3) is 0 Å². The maximum atomic E-state index is 12.3. The highest BCUT2D eigenvalue weighted by Gasteiger charge is 2.16. The molecule has 1 aromatic carbocycles. The SMILES string of the molecule is COC(=O)c1ccccc1S(=O)Nc1cncc(C#N)c1. The number of aromatic nitrogens is 1. The molecular weight excluding hydrogens is 290 g/mol. The first-order chi connectivity index (χ1) is 10.2. The van der Waals surface area contributed by atoms with Crippen LogP contribution in [0.1, 0.15) is 15.9 Å². The molecule has 1 unspecified atom stereocenters. The lowest BCUT2D eigenvalue weighted by molar-refractivity contribution is 0.0596. The van der Waals surface area contributed by atoms with Crippen molar-refractivity contribution in [2.24, 2.45) is 0 Å². The van der Waals surface area contributed by atoms with Gasteiger partial charge in [-0.15, -0.1) is 0 Å². The zero-order valence-corrected chi connectivity index (χ0v) is 11.9. The fourth-order valence-corrected chi connectivity index (χ4v) is 2.61. The first kappa shape index (κ1) is 14.7. The lowest BCUT2D eigenvalue weighted by atomic mass is 10.2. The van der Waals surface area contributed by atoms with Crippen LogP contribution < -0.4 is 4.72 Å². The molecule has 0 saturated carbocycles. The lowest BCUT2D eigenvalue weighted by Gasteiger charge is -2.09. The van der Waals surface area contributed by atoms with Crippen molar-refractivity contribution in [2.45, 2.75) is 4.90 Å². The average molecular weight is 301 g/mol. The van der Waals surface area contributed by atoms with E-state index in [2.05, 4.69) is 14.4 Å². The summed E-state index contributed by atoms with van der Waals surface area (Å²) in [5, 5.41) is 8.81. The molecule has 7 heteroatoms. The van der Waals surface area contributed by atoms with Crippen LogP contribution in [0, 0.1) is 11.3 Å². The summed E-state index contributed by atoms with van der Waals surface area (Å²) in [7, 11) is -0.419. The van der Waals surface area contributed by atoms with E-state index in [9.17, 15) is 9.00 Å². The zero-order valence-electron chi connectivity index (χ0n) is 11.1. The third-order valence-electron chi connectivity index (χ3n) is 2.57. The van der Waals surface area contributed by atoms with Gasteiger partial charge in [0, 0.05) is 6.20 Å². The van der Waals surface area contributed by atoms with Crippen molar-refractivity contribution in [3.63, 3.8) is 0 Å². The van der Waals surface area contributed by atoms with Gasteiger partial charge in [0.15, 0.2) is 11.0 Å². The van der Waals surface area contributed by atoms with Crippen molar-refractivity contribution in [3.8, 4) is 6.07 Å². The topological polar surface area (TPSA) is 92.1 Å². The van der Waals surface area contributed by atoms with Crippen LogP contribution in [0.25, 0.3) is 0 Å². The molecule has 1 N–H and O–H groups in total. The number of ether oxygens (including phenoxy) is 1. The maximum Gasteiger partial charge on any atom is 0.339 e. The van der Waals surface area contributed by atoms with Crippen LogP contribution in [0.4, 0.5) is 5.69 Å². The minimum atomic E-state index is -1.68. The molecular formula is C14H11N3O3S. The van der Waals surface area contributed by atoms with Gasteiger partial charge < -0.3 is 4.74 Å². The number of esters is 1. The molecule has 0 spiro atoms. The number of methoxy groups -OCH3 is 1. The van der Waals surface area contributed by atoms with E-state index in [0.717, 1.165) is 0 Å². The van der Waals surface area contributed by atoms with Gasteiger partial charge in [-0.1, -0.05) is 12.1 Å². The van der Waals surface area contributed by atoms with Crippen molar-refractivity contribution >= 4 is 22.6 Å². The summed E-state index contributed by atoms with van der Waals surface area (Å²) >= 11 is 0. The van der Waals surface area contributed by atoms with Gasteiger partial charge in [-0.2, -0.15) is 5.26 Å². The summed E-state index contributed by atoms with van der Waals surface area (Å²) in [6.45, 7) is 0. The number of hydrogen-bond donors (Lipinski definition) is 1. The summed E-state index contributed by atoms with van der Waals surface area (Å²) < 4.78 is 19.7. The van der Waals surface area contributed by atoms with Gasteiger partial charge >= 0.3 is 5.97 Å². The van der Waals surface area contributed by atoms with Crippen molar-refractivity contribution in [3.05, 3.63) is 53.9 Å². The van der Waals surface area contributed by atoms with E-state index in [1.54, 1.807) is 18.2 Å². The molecule has 0 aliphatic heterocycles. The number of carbonyl (C=O) groups is 1. The third kappa shape index (κ3) is 3.43. The molecule has 1 heterocycles. The highest BCUT2D eigenvalue weighted by molar-refractivity contribution is 7.86. The van der Waals surface area contributed by atoms with Gasteiger partial charge in [0.2, 0.25) is 0 Å². The minimum absolute atomic E-state index is 0.218. The Balaban J connectivity index is 2.29. The molecule has 0 radical (unpaired) electrons. The van der Waals surface area contributed by atoms with E-state index >= 15 is 0 Å². The van der Waals surface area contributed by atoms with E-state index in [1.807, 2.05) is 6.07 Å². The second kappa shape index (κ2) is 6.63. The number of hydrogen-bond acceptors (Lipinski definition) is 5. The molecule has 1 atom stereocenters. The molecule has 0 bridgehead atoms. The van der Waals surface area contributed by atoms with E-state index in [0.29, 0.717) is 16.1 Å². The number of nitrogens with zero attached hydrogens (tertiary/aromatic N) is 2. The quantitative estimate of drug-likeness (QED) is 0.870. The fraction of sp³-hybridized carbons (Fsp3) is 0.0714. The molecule has 106 valence electrons. The van der Waals surface area contributed by atoms with Gasteiger partial charge in [0.1, 0.15) is 6.07 Å². The molecule has 21 heavy (non-hydrogen) atoms. The molecule has 0 saturated heterocycles. The largest absolute Gasteiger partial charge is 0.465 e. The van der Waals surface area contributed by atoms with E-state index in [4.69, 9.17) is 5.26 Å². The average Bonchev–Trinajstić information content (AvgIpc) is 2.54. The third-order valence-corrected chi connectivity index (χ3v) is 3.75. The molecule has 6 nitrogen and oxygen atoms in total. The molecule has 0 amide bonds. The molecule has 0 fully saturated rings. The second-order valence-corrected chi connectivity index (χ2v) is 5.11. The van der Waals surface area contributed by atoms with Gasteiger partial charge in [-0.25, -0.2) is 9.00 Å². The van der Waals surface area contributed by atoms with Gasteiger partial charge in [0.05, 0.1) is 35.0 Å². The second-order valence-electron chi connectivity index (χ2n) is 3.93. The fourth-order valence-electron chi connectivity index (χ4n) is 1.63. The smallest absolute Gasteiger partial charge is 0.339 e.